The molecule has 2 amide bonds. The molecule has 3 rings (SSSR count). The Hall–Kier alpha value is -2.82. The van der Waals surface area contributed by atoms with E-state index < -0.39 is 0 Å². The van der Waals surface area contributed by atoms with Crippen molar-refractivity contribution < 1.29 is 14.3 Å². The Morgan fingerprint density at radius 3 is 2.43 bits per heavy atom. The van der Waals surface area contributed by atoms with Crippen molar-refractivity contribution in [2.75, 3.05) is 25.5 Å². The molecule has 0 aliphatic carbocycles. The summed E-state index contributed by atoms with van der Waals surface area (Å²) in [5.74, 6) is 1.33. The van der Waals surface area contributed by atoms with E-state index in [-0.39, 0.29) is 11.8 Å². The molecule has 0 radical (unpaired) electrons. The van der Waals surface area contributed by atoms with Crippen LogP contribution in [0.4, 0.5) is 5.69 Å². The standard InChI is InChI=1S/C23H28N2O3/c1-15-11-16(2)14-25(13-15)23(27)19-7-5-6-8-20(19)24-22(26)18-10-9-17(3)21(12-18)28-4/h5-10,12,15-16H,11,13-14H2,1-4H3,(H,24,26). The van der Waals surface area contributed by atoms with Crippen molar-refractivity contribution >= 4 is 17.5 Å². The number of ether oxygens (including phenoxy) is 1. The topological polar surface area (TPSA) is 58.6 Å². The lowest BCUT2D eigenvalue weighted by Gasteiger charge is -2.35. The molecule has 1 heterocycles. The van der Waals surface area contributed by atoms with Gasteiger partial charge in [-0.3, -0.25) is 9.59 Å². The molecule has 1 aliphatic heterocycles. The van der Waals surface area contributed by atoms with E-state index >= 15 is 0 Å². The fraction of sp³-hybridized carbons (Fsp3) is 0.391. The van der Waals surface area contributed by atoms with E-state index in [1.807, 2.05) is 30.0 Å². The third-order valence-corrected chi connectivity index (χ3v) is 5.23. The molecular formula is C23H28N2O3. The third kappa shape index (κ3) is 4.35. The number of piperidine rings is 1. The maximum atomic E-state index is 13.1. The van der Waals surface area contributed by atoms with Gasteiger partial charge in [-0.25, -0.2) is 0 Å². The van der Waals surface area contributed by atoms with Gasteiger partial charge in [0.25, 0.3) is 11.8 Å². The first-order valence-corrected chi connectivity index (χ1v) is 9.73. The number of rotatable bonds is 4. The maximum Gasteiger partial charge on any atom is 0.255 e. The first-order valence-electron chi connectivity index (χ1n) is 9.73. The number of nitrogens with zero attached hydrogens (tertiary/aromatic N) is 1. The molecule has 2 aromatic rings. The number of nitrogens with one attached hydrogen (secondary N) is 1. The second-order valence-electron chi connectivity index (χ2n) is 7.84. The van der Waals surface area contributed by atoms with E-state index in [2.05, 4.69) is 19.2 Å². The van der Waals surface area contributed by atoms with Crippen molar-refractivity contribution in [2.45, 2.75) is 27.2 Å². The molecule has 0 spiro atoms. The lowest BCUT2D eigenvalue weighted by Crippen LogP contribution is -2.42. The molecule has 0 saturated carbocycles. The van der Waals surface area contributed by atoms with Crippen LogP contribution in [-0.2, 0) is 0 Å². The number of hydrogen-bond donors (Lipinski definition) is 1. The highest BCUT2D eigenvalue weighted by atomic mass is 16.5. The van der Waals surface area contributed by atoms with Crippen molar-refractivity contribution in [1.29, 1.82) is 0 Å². The predicted molar refractivity (Wildman–Crippen MR) is 111 cm³/mol. The van der Waals surface area contributed by atoms with E-state index in [0.717, 1.165) is 25.1 Å². The van der Waals surface area contributed by atoms with E-state index in [9.17, 15) is 9.59 Å². The summed E-state index contributed by atoms with van der Waals surface area (Å²) in [5.41, 5.74) is 2.51. The Balaban J connectivity index is 1.82. The molecule has 148 valence electrons. The number of methoxy groups -OCH3 is 1. The molecule has 28 heavy (non-hydrogen) atoms. The number of benzene rings is 2. The van der Waals surface area contributed by atoms with Crippen molar-refractivity contribution in [3.8, 4) is 5.75 Å². The van der Waals surface area contributed by atoms with Gasteiger partial charge in [-0.1, -0.05) is 32.0 Å². The van der Waals surface area contributed by atoms with Gasteiger partial charge in [0.1, 0.15) is 5.75 Å². The average Bonchev–Trinajstić information content (AvgIpc) is 2.67. The second-order valence-corrected chi connectivity index (χ2v) is 7.84. The molecule has 1 N–H and O–H groups in total. The Labute approximate surface area is 166 Å². The van der Waals surface area contributed by atoms with E-state index in [4.69, 9.17) is 4.74 Å². The van der Waals surface area contributed by atoms with Crippen molar-refractivity contribution in [2.24, 2.45) is 11.8 Å². The summed E-state index contributed by atoms with van der Waals surface area (Å²) in [6.45, 7) is 7.78. The van der Waals surface area contributed by atoms with Crippen LogP contribution >= 0.6 is 0 Å². The highest BCUT2D eigenvalue weighted by molar-refractivity contribution is 6.09. The predicted octanol–water partition coefficient (Wildman–Crippen LogP) is 4.37. The van der Waals surface area contributed by atoms with Gasteiger partial charge in [0, 0.05) is 18.7 Å². The van der Waals surface area contributed by atoms with Gasteiger partial charge in [-0.2, -0.15) is 0 Å². The van der Waals surface area contributed by atoms with Crippen LogP contribution in [0, 0.1) is 18.8 Å². The SMILES string of the molecule is COc1cc(C(=O)Nc2ccccc2C(=O)N2CC(C)CC(C)C2)ccc1C. The molecular weight excluding hydrogens is 352 g/mol. The molecule has 1 fully saturated rings. The van der Waals surface area contributed by atoms with E-state index in [1.54, 1.807) is 31.4 Å². The van der Waals surface area contributed by atoms with Crippen molar-refractivity contribution in [1.82, 2.24) is 4.90 Å². The molecule has 5 heteroatoms. The van der Waals surface area contributed by atoms with Crippen LogP contribution in [0.1, 0.15) is 46.5 Å². The minimum Gasteiger partial charge on any atom is -0.496 e. The van der Waals surface area contributed by atoms with Gasteiger partial charge in [-0.05, 0) is 55.0 Å². The number of carbonyl (C=O) groups is 2. The summed E-state index contributed by atoms with van der Waals surface area (Å²) in [5, 5.41) is 2.90. The zero-order chi connectivity index (χ0) is 20.3. The quantitative estimate of drug-likeness (QED) is 0.857. The molecule has 1 aliphatic rings. The number of hydrogen-bond acceptors (Lipinski definition) is 3. The molecule has 2 aromatic carbocycles. The summed E-state index contributed by atoms with van der Waals surface area (Å²) in [7, 11) is 1.58. The summed E-state index contributed by atoms with van der Waals surface area (Å²) in [6, 6.07) is 12.5. The molecule has 5 nitrogen and oxygen atoms in total. The molecule has 2 atom stereocenters. The van der Waals surface area contributed by atoms with Crippen LogP contribution < -0.4 is 10.1 Å². The van der Waals surface area contributed by atoms with Crippen molar-refractivity contribution in [3.05, 3.63) is 59.2 Å². The number of amides is 2. The highest BCUT2D eigenvalue weighted by Gasteiger charge is 2.27. The Bertz CT molecular complexity index is 868. The van der Waals surface area contributed by atoms with Crippen LogP contribution in [0.25, 0.3) is 0 Å². The van der Waals surface area contributed by atoms with Crippen LogP contribution in [0.3, 0.4) is 0 Å². The maximum absolute atomic E-state index is 13.1. The minimum absolute atomic E-state index is 0.0317. The van der Waals surface area contributed by atoms with E-state index in [1.165, 1.54) is 0 Å². The van der Waals surface area contributed by atoms with Gasteiger partial charge in [0.2, 0.25) is 0 Å². The first kappa shape index (κ1) is 19.9. The van der Waals surface area contributed by atoms with Crippen LogP contribution in [0.5, 0.6) is 5.75 Å². The van der Waals surface area contributed by atoms with Gasteiger partial charge >= 0.3 is 0 Å². The highest BCUT2D eigenvalue weighted by Crippen LogP contribution is 2.26. The Kier molecular flexibility index (Phi) is 6.02. The number of likely N-dealkylation sites (tertiary alicyclic amines) is 1. The number of para-hydroxylation sites is 1. The summed E-state index contributed by atoms with van der Waals surface area (Å²) >= 11 is 0. The monoisotopic (exact) mass is 380 g/mol. The largest absolute Gasteiger partial charge is 0.496 e. The fourth-order valence-electron chi connectivity index (χ4n) is 3.93. The molecule has 0 bridgehead atoms. The van der Waals surface area contributed by atoms with Crippen LogP contribution in [0.15, 0.2) is 42.5 Å². The zero-order valence-corrected chi connectivity index (χ0v) is 17.0. The number of carbonyl (C=O) groups excluding carboxylic acids is 2. The first-order chi connectivity index (χ1) is 13.4. The van der Waals surface area contributed by atoms with Crippen LogP contribution in [-0.4, -0.2) is 36.9 Å². The van der Waals surface area contributed by atoms with Crippen LogP contribution in [0.2, 0.25) is 0 Å². The average molecular weight is 380 g/mol. The van der Waals surface area contributed by atoms with Gasteiger partial charge in [0.15, 0.2) is 0 Å². The fourth-order valence-corrected chi connectivity index (χ4v) is 3.93. The number of anilines is 1. The van der Waals surface area contributed by atoms with E-state index in [0.29, 0.717) is 34.4 Å². The molecule has 1 saturated heterocycles. The minimum atomic E-state index is -0.265. The molecule has 2 unspecified atom stereocenters. The zero-order valence-electron chi connectivity index (χ0n) is 17.0. The number of aryl methyl sites for hydroxylation is 1. The lowest BCUT2D eigenvalue weighted by molar-refractivity contribution is 0.0624. The van der Waals surface area contributed by atoms with Gasteiger partial charge in [0.05, 0.1) is 18.4 Å². The van der Waals surface area contributed by atoms with Gasteiger partial charge in [-0.15, -0.1) is 0 Å². The summed E-state index contributed by atoms with van der Waals surface area (Å²) in [4.78, 5) is 27.8. The smallest absolute Gasteiger partial charge is 0.255 e. The summed E-state index contributed by atoms with van der Waals surface area (Å²) < 4.78 is 5.31. The third-order valence-electron chi connectivity index (χ3n) is 5.23. The van der Waals surface area contributed by atoms with Crippen molar-refractivity contribution in [3.63, 3.8) is 0 Å². The Morgan fingerprint density at radius 2 is 1.75 bits per heavy atom. The summed E-state index contributed by atoms with van der Waals surface area (Å²) in [6.07, 6.45) is 1.14. The lowest BCUT2D eigenvalue weighted by atomic mass is 9.91. The second kappa shape index (κ2) is 8.46. The normalized spacial score (nSPS) is 19.2. The molecule has 0 aromatic heterocycles. The Morgan fingerprint density at radius 1 is 1.07 bits per heavy atom. The van der Waals surface area contributed by atoms with Gasteiger partial charge < -0.3 is 15.0 Å².